The Bertz CT molecular complexity index is 1350. The average molecular weight is 467 g/mol. The molecule has 0 aliphatic heterocycles. The molecule has 10 heteroatoms. The van der Waals surface area contributed by atoms with Gasteiger partial charge in [-0.3, -0.25) is 9.10 Å². The van der Waals surface area contributed by atoms with Gasteiger partial charge < -0.3 is 14.5 Å². The van der Waals surface area contributed by atoms with Crippen LogP contribution in [0.2, 0.25) is 0 Å². The van der Waals surface area contributed by atoms with Gasteiger partial charge >= 0.3 is 0 Å². The Morgan fingerprint density at radius 3 is 2.55 bits per heavy atom. The number of aromatic nitrogens is 2. The van der Waals surface area contributed by atoms with Crippen molar-refractivity contribution in [1.29, 1.82) is 0 Å². The summed E-state index contributed by atoms with van der Waals surface area (Å²) < 4.78 is 39.5. The summed E-state index contributed by atoms with van der Waals surface area (Å²) in [4.78, 5) is 12.8. The number of sulfonamides is 1. The van der Waals surface area contributed by atoms with Crippen LogP contribution < -0.4 is 14.4 Å². The highest BCUT2D eigenvalue weighted by Crippen LogP contribution is 2.30. The van der Waals surface area contributed by atoms with Gasteiger partial charge in [0.05, 0.1) is 30.2 Å². The maximum atomic E-state index is 13.1. The van der Waals surface area contributed by atoms with E-state index in [1.807, 2.05) is 6.07 Å². The van der Waals surface area contributed by atoms with Gasteiger partial charge in [-0.05, 0) is 48.5 Å². The van der Waals surface area contributed by atoms with Crippen molar-refractivity contribution in [3.8, 4) is 5.75 Å². The van der Waals surface area contributed by atoms with Crippen molar-refractivity contribution in [2.45, 2.75) is 11.4 Å². The summed E-state index contributed by atoms with van der Waals surface area (Å²) in [7, 11) is -0.924. The summed E-state index contributed by atoms with van der Waals surface area (Å²) in [5.74, 6) is 1.23. The van der Waals surface area contributed by atoms with Crippen molar-refractivity contribution in [3.05, 3.63) is 90.5 Å². The molecule has 2 aromatic heterocycles. The lowest BCUT2D eigenvalue weighted by Crippen LogP contribution is -2.27. The summed E-state index contributed by atoms with van der Waals surface area (Å²) in [6, 6.07) is 17.8. The Morgan fingerprint density at radius 2 is 1.85 bits per heavy atom. The zero-order valence-electron chi connectivity index (χ0n) is 18.0. The second-order valence-corrected chi connectivity index (χ2v) is 9.05. The van der Waals surface area contributed by atoms with Gasteiger partial charge in [0, 0.05) is 18.7 Å². The fourth-order valence-electron chi connectivity index (χ4n) is 3.26. The number of carbonyl (C=O) groups excluding carboxylic acids is 1. The van der Waals surface area contributed by atoms with Gasteiger partial charge in [-0.1, -0.05) is 12.1 Å². The lowest BCUT2D eigenvalue weighted by molar-refractivity contribution is 0.102. The molecule has 4 aromatic rings. The fourth-order valence-corrected chi connectivity index (χ4v) is 4.47. The predicted octanol–water partition coefficient (Wildman–Crippen LogP) is 3.61. The standard InChI is InChI=1S/C23H22N4O5S/c1-26(20-7-3-4-8-21(20)31-2)33(29,30)19-11-9-17(10-12-19)23(28)25-22-13-14-24-27(22)16-18-6-5-15-32-18/h3-15H,16H2,1-2H3,(H,25,28). The molecule has 1 N–H and O–H groups in total. The highest BCUT2D eigenvalue weighted by atomic mass is 32.2. The molecule has 0 radical (unpaired) electrons. The van der Waals surface area contributed by atoms with Crippen LogP contribution in [-0.2, 0) is 16.6 Å². The van der Waals surface area contributed by atoms with E-state index in [0.29, 0.717) is 35.1 Å². The van der Waals surface area contributed by atoms with Gasteiger partial charge in [-0.25, -0.2) is 13.1 Å². The normalized spacial score (nSPS) is 11.2. The minimum absolute atomic E-state index is 0.0512. The van der Waals surface area contributed by atoms with E-state index >= 15 is 0 Å². The van der Waals surface area contributed by atoms with Crippen LogP contribution in [0.3, 0.4) is 0 Å². The third-order valence-corrected chi connectivity index (χ3v) is 6.83. The van der Waals surface area contributed by atoms with Crippen LogP contribution in [0.5, 0.6) is 5.75 Å². The zero-order valence-corrected chi connectivity index (χ0v) is 18.8. The number of rotatable bonds is 8. The topological polar surface area (TPSA) is 107 Å². The third-order valence-electron chi connectivity index (χ3n) is 5.04. The van der Waals surface area contributed by atoms with Crippen LogP contribution in [0.25, 0.3) is 0 Å². The summed E-state index contributed by atoms with van der Waals surface area (Å²) in [5, 5.41) is 6.98. The minimum atomic E-state index is -3.86. The number of anilines is 2. The van der Waals surface area contributed by atoms with Gasteiger partial charge in [-0.2, -0.15) is 5.10 Å². The van der Waals surface area contributed by atoms with E-state index in [2.05, 4.69) is 10.4 Å². The van der Waals surface area contributed by atoms with Crippen LogP contribution in [0.1, 0.15) is 16.1 Å². The number of benzene rings is 2. The number of hydrogen-bond donors (Lipinski definition) is 1. The highest BCUT2D eigenvalue weighted by molar-refractivity contribution is 7.92. The number of para-hydroxylation sites is 2. The average Bonchev–Trinajstić information content (AvgIpc) is 3.51. The van der Waals surface area contributed by atoms with Gasteiger partial charge in [0.15, 0.2) is 0 Å². The highest BCUT2D eigenvalue weighted by Gasteiger charge is 2.24. The molecule has 0 spiro atoms. The Labute approximate surface area is 191 Å². The monoisotopic (exact) mass is 466 g/mol. The van der Waals surface area contributed by atoms with Gasteiger partial charge in [0.25, 0.3) is 15.9 Å². The molecule has 0 fully saturated rings. The SMILES string of the molecule is COc1ccccc1N(C)S(=O)(=O)c1ccc(C(=O)Nc2ccnn2Cc2ccco2)cc1. The Balaban J connectivity index is 1.50. The number of carbonyl (C=O) groups is 1. The van der Waals surface area contributed by atoms with E-state index < -0.39 is 15.9 Å². The number of methoxy groups -OCH3 is 1. The first-order valence-corrected chi connectivity index (χ1v) is 11.4. The van der Waals surface area contributed by atoms with E-state index in [1.54, 1.807) is 53.5 Å². The van der Waals surface area contributed by atoms with Crippen LogP contribution in [0.15, 0.2) is 88.5 Å². The number of nitrogens with zero attached hydrogens (tertiary/aromatic N) is 3. The molecule has 2 heterocycles. The van der Waals surface area contributed by atoms with Crippen LogP contribution in [0, 0.1) is 0 Å². The van der Waals surface area contributed by atoms with Crippen LogP contribution >= 0.6 is 0 Å². The molecule has 0 saturated carbocycles. The Kier molecular flexibility index (Phi) is 6.18. The fraction of sp³-hybridized carbons (Fsp3) is 0.130. The summed E-state index contributed by atoms with van der Waals surface area (Å²) in [6.45, 7) is 0.363. The Morgan fingerprint density at radius 1 is 1.09 bits per heavy atom. The second-order valence-electron chi connectivity index (χ2n) is 7.08. The van der Waals surface area contributed by atoms with Crippen molar-refractivity contribution in [1.82, 2.24) is 9.78 Å². The first-order valence-electron chi connectivity index (χ1n) is 9.97. The van der Waals surface area contributed by atoms with Crippen LogP contribution in [-0.4, -0.2) is 38.3 Å². The van der Waals surface area contributed by atoms with Crippen molar-refractivity contribution in [2.24, 2.45) is 0 Å². The lowest BCUT2D eigenvalue weighted by atomic mass is 10.2. The molecule has 33 heavy (non-hydrogen) atoms. The van der Waals surface area contributed by atoms with E-state index in [0.717, 1.165) is 4.31 Å². The minimum Gasteiger partial charge on any atom is -0.495 e. The van der Waals surface area contributed by atoms with Gasteiger partial charge in [0.2, 0.25) is 0 Å². The Hall–Kier alpha value is -4.05. The molecule has 0 unspecified atom stereocenters. The molecule has 9 nitrogen and oxygen atoms in total. The van der Waals surface area contributed by atoms with Gasteiger partial charge in [0.1, 0.15) is 23.9 Å². The number of amides is 1. The van der Waals surface area contributed by atoms with Crippen molar-refractivity contribution >= 4 is 27.4 Å². The second kappa shape index (κ2) is 9.21. The van der Waals surface area contributed by atoms with Gasteiger partial charge in [-0.15, -0.1) is 0 Å². The van der Waals surface area contributed by atoms with E-state index in [-0.39, 0.29) is 4.90 Å². The maximum Gasteiger partial charge on any atom is 0.264 e. The van der Waals surface area contributed by atoms with Crippen molar-refractivity contribution in [3.63, 3.8) is 0 Å². The summed E-state index contributed by atoms with van der Waals surface area (Å²) in [6.07, 6.45) is 3.14. The largest absolute Gasteiger partial charge is 0.495 e. The lowest BCUT2D eigenvalue weighted by Gasteiger charge is -2.21. The molecule has 2 aromatic carbocycles. The third kappa shape index (κ3) is 4.60. The van der Waals surface area contributed by atoms with E-state index in [1.165, 1.54) is 38.4 Å². The molecule has 0 aliphatic rings. The van der Waals surface area contributed by atoms with Crippen molar-refractivity contribution < 1.29 is 22.4 Å². The van der Waals surface area contributed by atoms with Crippen molar-refractivity contribution in [2.75, 3.05) is 23.8 Å². The molecule has 0 saturated heterocycles. The summed E-state index contributed by atoms with van der Waals surface area (Å²) >= 11 is 0. The van der Waals surface area contributed by atoms with Crippen LogP contribution in [0.4, 0.5) is 11.5 Å². The predicted molar refractivity (Wildman–Crippen MR) is 123 cm³/mol. The molecular formula is C23H22N4O5S. The zero-order chi connectivity index (χ0) is 23.4. The van der Waals surface area contributed by atoms with E-state index in [4.69, 9.17) is 9.15 Å². The number of ether oxygens (including phenoxy) is 1. The molecule has 4 rings (SSSR count). The van der Waals surface area contributed by atoms with E-state index in [9.17, 15) is 13.2 Å². The molecule has 0 atom stereocenters. The number of nitrogens with one attached hydrogen (secondary N) is 1. The molecule has 0 bridgehead atoms. The first kappa shape index (κ1) is 22.2. The maximum absolute atomic E-state index is 13.1. The smallest absolute Gasteiger partial charge is 0.264 e. The summed E-state index contributed by atoms with van der Waals surface area (Å²) in [5.41, 5.74) is 0.714. The first-order chi connectivity index (χ1) is 15.9. The number of hydrogen-bond acceptors (Lipinski definition) is 6. The molecular weight excluding hydrogens is 444 g/mol. The quantitative estimate of drug-likeness (QED) is 0.425. The molecule has 170 valence electrons. The molecule has 0 aliphatic carbocycles. The number of furan rings is 1. The molecule has 1 amide bonds.